The van der Waals surface area contributed by atoms with Gasteiger partial charge in [-0.2, -0.15) is 5.09 Å². The third-order valence-corrected chi connectivity index (χ3v) is 9.70. The van der Waals surface area contributed by atoms with E-state index >= 15 is 0 Å². The molecule has 1 unspecified atom stereocenters. The number of thiophene rings is 1. The van der Waals surface area contributed by atoms with Crippen LogP contribution in [0.15, 0.2) is 96.8 Å². The molecule has 0 radical (unpaired) electrons. The molecule has 0 aliphatic carbocycles. The second kappa shape index (κ2) is 13.6. The number of aromatic nitrogens is 3. The number of aliphatic hydroxyl groups excluding tert-OH is 2. The zero-order valence-corrected chi connectivity index (χ0v) is 25.8. The second-order valence-corrected chi connectivity index (χ2v) is 13.0. The van der Waals surface area contributed by atoms with Gasteiger partial charge in [-0.25, -0.2) is 14.5 Å². The van der Waals surface area contributed by atoms with Gasteiger partial charge in [0.25, 0.3) is 0 Å². The number of benzene rings is 2. The van der Waals surface area contributed by atoms with Crippen LogP contribution in [0.3, 0.4) is 0 Å². The first kappa shape index (κ1) is 31.1. The number of carbonyl (C=O) groups is 1. The molecular formula is C31H31N4O8PS. The van der Waals surface area contributed by atoms with Crippen LogP contribution in [0.2, 0.25) is 0 Å². The zero-order chi connectivity index (χ0) is 31.4. The van der Waals surface area contributed by atoms with Crippen molar-refractivity contribution in [2.75, 3.05) is 6.61 Å². The Bertz CT molecular complexity index is 1770. The van der Waals surface area contributed by atoms with E-state index in [1.807, 2.05) is 53.9 Å². The van der Waals surface area contributed by atoms with E-state index in [-0.39, 0.29) is 12.4 Å². The fraction of sp³-hybridized carbons (Fsp3) is 0.258. The highest BCUT2D eigenvalue weighted by atomic mass is 32.1. The molecule has 12 nitrogen and oxygen atoms in total. The maximum atomic E-state index is 14.0. The molecule has 3 aromatic heterocycles. The minimum absolute atomic E-state index is 0.0333. The first-order valence-electron chi connectivity index (χ1n) is 14.2. The molecule has 3 N–H and O–H groups in total. The summed E-state index contributed by atoms with van der Waals surface area (Å²) in [7, 11) is -4.25. The van der Waals surface area contributed by atoms with Crippen LogP contribution in [-0.4, -0.2) is 61.7 Å². The van der Waals surface area contributed by atoms with E-state index in [2.05, 4.69) is 15.1 Å². The number of fused-ring (bicyclic) bond motifs is 1. The van der Waals surface area contributed by atoms with Crippen LogP contribution in [0.25, 0.3) is 21.6 Å². The molecule has 6 rings (SSSR count). The lowest BCUT2D eigenvalue weighted by Gasteiger charge is -2.24. The second-order valence-electron chi connectivity index (χ2n) is 10.3. The Labute approximate surface area is 262 Å². The van der Waals surface area contributed by atoms with Gasteiger partial charge >= 0.3 is 13.7 Å². The maximum absolute atomic E-state index is 14.0. The van der Waals surface area contributed by atoms with E-state index in [0.717, 1.165) is 21.5 Å². The van der Waals surface area contributed by atoms with Crippen LogP contribution in [0.4, 0.5) is 0 Å². The summed E-state index contributed by atoms with van der Waals surface area (Å²) in [6.07, 6.45) is -1.75. The Kier molecular flexibility index (Phi) is 9.38. The third kappa shape index (κ3) is 7.00. The highest BCUT2D eigenvalue weighted by Gasteiger charge is 2.46. The van der Waals surface area contributed by atoms with Crippen molar-refractivity contribution >= 4 is 36.1 Å². The van der Waals surface area contributed by atoms with Crippen LogP contribution in [0.1, 0.15) is 18.7 Å². The number of para-hydroxylation sites is 1. The van der Waals surface area contributed by atoms with E-state index < -0.39 is 50.9 Å². The van der Waals surface area contributed by atoms with Crippen molar-refractivity contribution in [2.24, 2.45) is 0 Å². The van der Waals surface area contributed by atoms with Crippen LogP contribution >= 0.6 is 19.1 Å². The molecule has 5 aromatic rings. The predicted molar refractivity (Wildman–Crippen MR) is 166 cm³/mol. The molecule has 0 spiro atoms. The van der Waals surface area contributed by atoms with Crippen molar-refractivity contribution in [3.63, 3.8) is 0 Å². The molecule has 45 heavy (non-hydrogen) atoms. The monoisotopic (exact) mass is 650 g/mol. The van der Waals surface area contributed by atoms with Gasteiger partial charge in [-0.1, -0.05) is 54.6 Å². The van der Waals surface area contributed by atoms with Crippen molar-refractivity contribution in [1.29, 1.82) is 0 Å². The SMILES string of the molecule is C[C@H](NP(=O)(OC[C@H]1O[C@@H](n2ccc3c(-c4cccs4)ncnc32)[C@H](O)[C@@H]1O)Oc1ccccc1)C(=O)OCc1ccccc1. The average Bonchev–Trinajstić information content (AvgIpc) is 3.80. The van der Waals surface area contributed by atoms with Gasteiger partial charge < -0.3 is 28.8 Å². The maximum Gasteiger partial charge on any atom is 0.459 e. The summed E-state index contributed by atoms with van der Waals surface area (Å²) in [5.74, 6) is -0.445. The number of nitrogens with zero attached hydrogens (tertiary/aromatic N) is 3. The summed E-state index contributed by atoms with van der Waals surface area (Å²) in [5.41, 5.74) is 2.04. The van der Waals surface area contributed by atoms with Gasteiger partial charge in [-0.3, -0.25) is 9.32 Å². The molecule has 4 heterocycles. The van der Waals surface area contributed by atoms with E-state index in [4.69, 9.17) is 18.5 Å². The molecule has 1 fully saturated rings. The summed E-state index contributed by atoms with van der Waals surface area (Å²) in [6.45, 7) is 1.07. The molecule has 2 aromatic carbocycles. The first-order chi connectivity index (χ1) is 21.8. The molecule has 1 aliphatic rings. The number of nitrogens with one attached hydrogen (secondary N) is 1. The normalized spacial score (nSPS) is 21.8. The Morgan fingerprint density at radius 2 is 1.80 bits per heavy atom. The summed E-state index contributed by atoms with van der Waals surface area (Å²) in [6, 6.07) is 22.1. The lowest BCUT2D eigenvalue weighted by atomic mass is 10.1. The fourth-order valence-electron chi connectivity index (χ4n) is 4.91. The van der Waals surface area contributed by atoms with Gasteiger partial charge in [0.2, 0.25) is 0 Å². The molecule has 0 amide bonds. The molecule has 234 valence electrons. The summed E-state index contributed by atoms with van der Waals surface area (Å²) < 4.78 is 38.4. The van der Waals surface area contributed by atoms with Crippen LogP contribution in [-0.2, 0) is 30.0 Å². The highest BCUT2D eigenvalue weighted by Crippen LogP contribution is 2.46. The number of ether oxygens (including phenoxy) is 2. The fourth-order valence-corrected chi connectivity index (χ4v) is 7.15. The summed E-state index contributed by atoms with van der Waals surface area (Å²) in [4.78, 5) is 22.5. The van der Waals surface area contributed by atoms with Crippen LogP contribution in [0.5, 0.6) is 5.75 Å². The number of rotatable bonds is 12. The Morgan fingerprint density at radius 1 is 1.04 bits per heavy atom. The molecule has 1 aliphatic heterocycles. The Morgan fingerprint density at radius 3 is 2.53 bits per heavy atom. The Balaban J connectivity index is 1.16. The number of hydrogen-bond donors (Lipinski definition) is 3. The average molecular weight is 651 g/mol. The van der Waals surface area contributed by atoms with Crippen molar-refractivity contribution in [2.45, 2.75) is 44.1 Å². The quantitative estimate of drug-likeness (QED) is 0.127. The molecule has 1 saturated heterocycles. The lowest BCUT2D eigenvalue weighted by Crippen LogP contribution is -2.37. The third-order valence-electron chi connectivity index (χ3n) is 7.18. The summed E-state index contributed by atoms with van der Waals surface area (Å²) in [5, 5.41) is 27.2. The van der Waals surface area contributed by atoms with Crippen LogP contribution < -0.4 is 9.61 Å². The summed E-state index contributed by atoms with van der Waals surface area (Å²) >= 11 is 1.54. The van der Waals surface area contributed by atoms with Gasteiger partial charge in [0.15, 0.2) is 6.23 Å². The molecule has 14 heteroatoms. The van der Waals surface area contributed by atoms with Gasteiger partial charge in [0, 0.05) is 11.6 Å². The largest absolute Gasteiger partial charge is 0.460 e. The predicted octanol–water partition coefficient (Wildman–Crippen LogP) is 4.70. The lowest BCUT2D eigenvalue weighted by molar-refractivity contribution is -0.146. The molecule has 0 bridgehead atoms. The zero-order valence-electron chi connectivity index (χ0n) is 24.1. The van der Waals surface area contributed by atoms with Crippen molar-refractivity contribution < 1.29 is 38.1 Å². The molecule has 6 atom stereocenters. The van der Waals surface area contributed by atoms with Crippen molar-refractivity contribution in [1.82, 2.24) is 19.6 Å². The first-order valence-corrected chi connectivity index (χ1v) is 16.6. The minimum Gasteiger partial charge on any atom is -0.460 e. The van der Waals surface area contributed by atoms with E-state index in [9.17, 15) is 19.6 Å². The number of esters is 1. The van der Waals surface area contributed by atoms with Gasteiger partial charge in [0.1, 0.15) is 48.7 Å². The number of hydrogen-bond acceptors (Lipinski definition) is 11. The van der Waals surface area contributed by atoms with E-state index in [1.165, 1.54) is 13.3 Å². The topological polar surface area (TPSA) is 154 Å². The Hall–Kier alpha value is -3.94. The van der Waals surface area contributed by atoms with Gasteiger partial charge in [-0.05, 0) is 42.1 Å². The van der Waals surface area contributed by atoms with Crippen molar-refractivity contribution in [3.05, 3.63) is 102 Å². The molecular weight excluding hydrogens is 619 g/mol. The standard InChI is InChI=1S/C31H31N4O8PS/c1-20(31(38)40-17-21-9-4-2-5-10-21)34-44(39,43-22-11-6-3-7-12-22)41-18-24-27(36)28(37)30(42-24)35-15-14-23-26(25-13-8-16-45-25)32-19-33-29(23)35/h2-16,19-20,24,27-28,30,36-37H,17-18H2,1H3,(H,34,39)/t20-,24+,27+,28+,30+,44?/m0/s1. The van der Waals surface area contributed by atoms with Gasteiger partial charge in [0.05, 0.1) is 17.2 Å². The smallest absolute Gasteiger partial charge is 0.459 e. The van der Waals surface area contributed by atoms with Gasteiger partial charge in [-0.15, -0.1) is 11.3 Å². The number of carbonyl (C=O) groups excluding carboxylic acids is 1. The minimum atomic E-state index is -4.25. The van der Waals surface area contributed by atoms with E-state index in [0.29, 0.717) is 5.65 Å². The van der Waals surface area contributed by atoms with Crippen LogP contribution in [0, 0.1) is 0 Å². The number of aliphatic hydroxyl groups is 2. The van der Waals surface area contributed by atoms with Crippen molar-refractivity contribution in [3.8, 4) is 16.3 Å². The van der Waals surface area contributed by atoms with E-state index in [1.54, 1.807) is 52.4 Å². The molecule has 0 saturated carbocycles. The highest BCUT2D eigenvalue weighted by molar-refractivity contribution is 7.52.